The van der Waals surface area contributed by atoms with Gasteiger partial charge in [0.05, 0.1) is 13.1 Å². The predicted octanol–water partition coefficient (Wildman–Crippen LogP) is 1.16. The molecule has 0 aliphatic carbocycles. The summed E-state index contributed by atoms with van der Waals surface area (Å²) in [6.07, 6.45) is 1.54. The van der Waals surface area contributed by atoms with Gasteiger partial charge in [-0.2, -0.15) is 10.2 Å². The molecule has 0 aromatic carbocycles. The lowest BCUT2D eigenvalue weighted by Gasteiger charge is -2.19. The minimum atomic E-state index is -0.525. The number of carbonyl (C=O) groups excluding carboxylic acids is 1. The van der Waals surface area contributed by atoms with E-state index < -0.39 is 11.6 Å². The van der Waals surface area contributed by atoms with E-state index in [1.807, 2.05) is 20.8 Å². The Hall–Kier alpha value is -1.92. The molecule has 7 heteroatoms. The van der Waals surface area contributed by atoms with Crippen LogP contribution < -0.4 is 5.84 Å². The van der Waals surface area contributed by atoms with E-state index in [0.29, 0.717) is 18.8 Å². The average molecular weight is 239 g/mol. The maximum atomic E-state index is 11.8. The molecule has 0 bridgehead atoms. The summed E-state index contributed by atoms with van der Waals surface area (Å²) in [7, 11) is 0. The maximum Gasteiger partial charge on any atom is 0.357 e. The number of esters is 1. The van der Waals surface area contributed by atoms with Gasteiger partial charge in [-0.15, -0.1) is 0 Å². The molecule has 1 aromatic rings. The molecular formula is C10H17N5O2. The largest absolute Gasteiger partial charge is 0.455 e. The van der Waals surface area contributed by atoms with Crippen LogP contribution in [-0.4, -0.2) is 27.9 Å². The highest BCUT2D eigenvalue weighted by molar-refractivity contribution is 5.87. The minimum Gasteiger partial charge on any atom is -0.455 e. The van der Waals surface area contributed by atoms with Gasteiger partial charge in [0.25, 0.3) is 0 Å². The molecule has 0 spiro atoms. The monoisotopic (exact) mass is 239 g/mol. The van der Waals surface area contributed by atoms with E-state index in [-0.39, 0.29) is 0 Å². The summed E-state index contributed by atoms with van der Waals surface area (Å²) in [5.41, 5.74) is -0.129. The van der Waals surface area contributed by atoms with E-state index in [1.54, 1.807) is 12.3 Å². The smallest absolute Gasteiger partial charge is 0.357 e. The zero-order chi connectivity index (χ0) is 12.9. The van der Waals surface area contributed by atoms with Crippen LogP contribution in [0.1, 0.15) is 31.3 Å². The molecule has 0 saturated heterocycles. The highest BCUT2D eigenvalue weighted by Crippen LogP contribution is 2.11. The third kappa shape index (κ3) is 4.21. The first kappa shape index (κ1) is 13.1. The Morgan fingerprint density at radius 1 is 1.59 bits per heavy atom. The van der Waals surface area contributed by atoms with Gasteiger partial charge in [-0.1, -0.05) is 5.22 Å². The first-order valence-electron chi connectivity index (χ1n) is 5.26. The third-order valence-corrected chi connectivity index (χ3v) is 1.82. The van der Waals surface area contributed by atoms with Crippen molar-refractivity contribution in [3.8, 4) is 0 Å². The van der Waals surface area contributed by atoms with Gasteiger partial charge in [-0.25, -0.2) is 4.79 Å². The molecule has 0 saturated carbocycles. The van der Waals surface area contributed by atoms with Gasteiger partial charge in [0.15, 0.2) is 0 Å². The number of hydrogen-bond acceptors (Lipinski definition) is 5. The SMILES string of the molecule is CC(C)(C)OC(=O)c1ccnn1CCN=NN. The molecule has 0 unspecified atom stereocenters. The normalized spacial score (nSPS) is 11.9. The summed E-state index contributed by atoms with van der Waals surface area (Å²) < 4.78 is 6.77. The molecule has 1 rings (SSSR count). The van der Waals surface area contributed by atoms with Gasteiger partial charge in [0.1, 0.15) is 11.3 Å². The zero-order valence-corrected chi connectivity index (χ0v) is 10.3. The van der Waals surface area contributed by atoms with Gasteiger partial charge in [0, 0.05) is 6.20 Å². The fraction of sp³-hybridized carbons (Fsp3) is 0.600. The predicted molar refractivity (Wildman–Crippen MR) is 61.3 cm³/mol. The Labute approximate surface area is 99.6 Å². The Bertz CT molecular complexity index is 405. The molecule has 0 amide bonds. The molecule has 94 valence electrons. The topological polar surface area (TPSA) is 94.9 Å². The zero-order valence-electron chi connectivity index (χ0n) is 10.3. The van der Waals surface area contributed by atoms with Gasteiger partial charge in [-0.05, 0) is 26.8 Å². The number of nitrogens with zero attached hydrogens (tertiary/aromatic N) is 4. The van der Waals surface area contributed by atoms with Crippen LogP contribution in [0.25, 0.3) is 0 Å². The van der Waals surface area contributed by atoms with Crippen molar-refractivity contribution in [3.63, 3.8) is 0 Å². The standard InChI is InChI=1S/C10H17N5O2/c1-10(2,3)17-9(16)8-4-5-13-15(8)7-6-12-14-11/h4-5H,6-7H2,1-3H3,(H2,11,12). The number of aromatic nitrogens is 2. The van der Waals surface area contributed by atoms with Crippen LogP contribution in [0.3, 0.4) is 0 Å². The Morgan fingerprint density at radius 3 is 2.88 bits per heavy atom. The van der Waals surface area contributed by atoms with Crippen LogP contribution in [-0.2, 0) is 11.3 Å². The highest BCUT2D eigenvalue weighted by Gasteiger charge is 2.20. The van der Waals surface area contributed by atoms with E-state index in [9.17, 15) is 4.79 Å². The molecular weight excluding hydrogens is 222 g/mol. The lowest BCUT2D eigenvalue weighted by molar-refractivity contribution is 0.00561. The molecule has 0 aliphatic rings. The van der Waals surface area contributed by atoms with Crippen molar-refractivity contribution in [2.75, 3.05) is 6.54 Å². The van der Waals surface area contributed by atoms with Gasteiger partial charge >= 0.3 is 5.97 Å². The summed E-state index contributed by atoms with van der Waals surface area (Å²) >= 11 is 0. The second kappa shape index (κ2) is 5.42. The van der Waals surface area contributed by atoms with Crippen molar-refractivity contribution in [1.82, 2.24) is 9.78 Å². The fourth-order valence-electron chi connectivity index (χ4n) is 1.21. The molecule has 0 radical (unpaired) electrons. The van der Waals surface area contributed by atoms with Crippen LogP contribution in [0, 0.1) is 0 Å². The Balaban J connectivity index is 2.71. The average Bonchev–Trinajstić information content (AvgIpc) is 2.64. The van der Waals surface area contributed by atoms with Crippen LogP contribution in [0.15, 0.2) is 22.6 Å². The van der Waals surface area contributed by atoms with Crippen molar-refractivity contribution < 1.29 is 9.53 Å². The molecule has 7 nitrogen and oxygen atoms in total. The number of nitrogens with two attached hydrogens (primary N) is 1. The Morgan fingerprint density at radius 2 is 2.29 bits per heavy atom. The summed E-state index contributed by atoms with van der Waals surface area (Å²) in [5.74, 6) is 4.48. The fourth-order valence-corrected chi connectivity index (χ4v) is 1.21. The summed E-state index contributed by atoms with van der Waals surface area (Å²) in [4.78, 5) is 11.8. The summed E-state index contributed by atoms with van der Waals surface area (Å²) in [6.45, 7) is 6.24. The molecule has 2 N–H and O–H groups in total. The maximum absolute atomic E-state index is 11.8. The molecule has 17 heavy (non-hydrogen) atoms. The van der Waals surface area contributed by atoms with E-state index in [4.69, 9.17) is 10.6 Å². The van der Waals surface area contributed by atoms with Gasteiger partial charge < -0.3 is 10.6 Å². The van der Waals surface area contributed by atoms with E-state index >= 15 is 0 Å². The van der Waals surface area contributed by atoms with Crippen molar-refractivity contribution >= 4 is 5.97 Å². The summed E-state index contributed by atoms with van der Waals surface area (Å²) in [5, 5.41) is 10.8. The molecule has 0 atom stereocenters. The Kier molecular flexibility index (Phi) is 4.19. The van der Waals surface area contributed by atoms with Crippen molar-refractivity contribution in [2.24, 2.45) is 16.2 Å². The third-order valence-electron chi connectivity index (χ3n) is 1.82. The van der Waals surface area contributed by atoms with Crippen LogP contribution in [0.2, 0.25) is 0 Å². The second-order valence-corrected chi connectivity index (χ2v) is 4.42. The first-order valence-corrected chi connectivity index (χ1v) is 5.26. The number of rotatable bonds is 4. The number of carbonyl (C=O) groups is 1. The lowest BCUT2D eigenvalue weighted by Crippen LogP contribution is -2.26. The minimum absolute atomic E-state index is 0.369. The van der Waals surface area contributed by atoms with Gasteiger partial charge in [0.2, 0.25) is 0 Å². The van der Waals surface area contributed by atoms with E-state index in [0.717, 1.165) is 0 Å². The molecule has 1 aromatic heterocycles. The van der Waals surface area contributed by atoms with Crippen LogP contribution in [0.5, 0.6) is 0 Å². The van der Waals surface area contributed by atoms with Crippen LogP contribution in [0.4, 0.5) is 0 Å². The quantitative estimate of drug-likeness (QED) is 0.369. The van der Waals surface area contributed by atoms with Gasteiger partial charge in [-0.3, -0.25) is 4.68 Å². The van der Waals surface area contributed by atoms with Crippen molar-refractivity contribution in [1.29, 1.82) is 0 Å². The highest BCUT2D eigenvalue weighted by atomic mass is 16.6. The second-order valence-electron chi connectivity index (χ2n) is 4.42. The van der Waals surface area contributed by atoms with E-state index in [1.165, 1.54) is 4.68 Å². The van der Waals surface area contributed by atoms with Crippen molar-refractivity contribution in [3.05, 3.63) is 18.0 Å². The van der Waals surface area contributed by atoms with Crippen LogP contribution >= 0.6 is 0 Å². The number of hydrogen-bond donors (Lipinski definition) is 1. The first-order chi connectivity index (χ1) is 7.94. The molecule has 1 heterocycles. The number of ether oxygens (including phenoxy) is 1. The molecule has 0 aliphatic heterocycles. The summed E-state index contributed by atoms with van der Waals surface area (Å²) in [6, 6.07) is 1.60. The van der Waals surface area contributed by atoms with E-state index in [2.05, 4.69) is 15.4 Å². The lowest BCUT2D eigenvalue weighted by atomic mass is 10.2. The van der Waals surface area contributed by atoms with Crippen molar-refractivity contribution in [2.45, 2.75) is 32.9 Å². The molecule has 0 fully saturated rings.